The molecule has 0 saturated heterocycles. The third-order valence-electron chi connectivity index (χ3n) is 2.17. The zero-order chi connectivity index (χ0) is 12.8. The maximum Gasteiger partial charge on any atom is 0.245 e. The summed E-state index contributed by atoms with van der Waals surface area (Å²) >= 11 is 4.21. The number of ether oxygens (including phenoxy) is 1. The third kappa shape index (κ3) is 14.8. The first-order chi connectivity index (χ1) is 8.31. The van der Waals surface area contributed by atoms with Gasteiger partial charge in [0.25, 0.3) is 0 Å². The summed E-state index contributed by atoms with van der Waals surface area (Å²) in [6.45, 7) is 1.88. The highest BCUT2D eigenvalue weighted by Crippen LogP contribution is 2.03. The van der Waals surface area contributed by atoms with Gasteiger partial charge >= 0.3 is 0 Å². The normalized spacial score (nSPS) is 10.5. The van der Waals surface area contributed by atoms with Crippen LogP contribution in [0.4, 0.5) is 0 Å². The van der Waals surface area contributed by atoms with E-state index in [1.165, 1.54) is 30.1 Å². The number of unbranched alkanes of at least 4 members (excludes halogenated alkanes) is 4. The van der Waals surface area contributed by atoms with E-state index in [0.717, 1.165) is 13.0 Å². The lowest BCUT2D eigenvalue weighted by atomic mass is 10.1. The molecule has 0 aliphatic heterocycles. The van der Waals surface area contributed by atoms with Crippen LogP contribution in [-0.4, -0.2) is 36.7 Å². The molecule has 1 N–H and O–H groups in total. The number of nitrogens with one attached hydrogen (secondary N) is 1. The second kappa shape index (κ2) is 14.9. The van der Waals surface area contributed by atoms with Gasteiger partial charge in [-0.15, -0.1) is 0 Å². The summed E-state index contributed by atoms with van der Waals surface area (Å²) in [5, 5.41) is 2.84. The average Bonchev–Trinajstić information content (AvgIpc) is 2.33. The van der Waals surface area contributed by atoms with Gasteiger partial charge in [-0.1, -0.05) is 41.9 Å². The summed E-state index contributed by atoms with van der Waals surface area (Å²) in [6, 6.07) is 0. The topological polar surface area (TPSA) is 47.6 Å². The van der Waals surface area contributed by atoms with Gasteiger partial charge in [-0.05, 0) is 17.3 Å². The average molecular weight is 469 g/mol. The van der Waals surface area contributed by atoms with Crippen molar-refractivity contribution in [2.24, 2.45) is 0 Å². The Bertz CT molecular complexity index is 182. The van der Waals surface area contributed by atoms with E-state index in [0.29, 0.717) is 13.2 Å². The van der Waals surface area contributed by atoms with Crippen molar-refractivity contribution in [3.8, 4) is 0 Å². The zero-order valence-electron chi connectivity index (χ0n) is 10.1. The Kier molecular flexibility index (Phi) is 15.7. The predicted octanol–water partition coefficient (Wildman–Crippen LogP) is 2.87. The molecule has 102 valence electrons. The number of carbonyl (C=O) groups excluding carboxylic acids is 1. The summed E-state index contributed by atoms with van der Waals surface area (Å²) in [5.74, 6) is -0.0364. The molecule has 0 unspecified atom stereocenters. The fourth-order valence-electron chi connectivity index (χ4n) is 1.28. The molecule has 0 aliphatic rings. The van der Waals surface area contributed by atoms with Crippen molar-refractivity contribution in [1.29, 1.82) is 0 Å². The molecule has 0 heterocycles. The number of carbonyl (C=O) groups is 1. The van der Waals surface area contributed by atoms with Crippen molar-refractivity contribution in [3.05, 3.63) is 0 Å². The first-order valence-corrected chi connectivity index (χ1v) is 8.36. The van der Waals surface area contributed by atoms with Crippen molar-refractivity contribution in [2.75, 3.05) is 30.8 Å². The van der Waals surface area contributed by atoms with Crippen LogP contribution in [-0.2, 0) is 12.6 Å². The SMILES string of the molecule is O=C(COCCOI)NCCCCCCCI. The number of hydrogen-bond acceptors (Lipinski definition) is 3. The van der Waals surface area contributed by atoms with Crippen molar-refractivity contribution >= 4 is 51.5 Å². The van der Waals surface area contributed by atoms with E-state index in [-0.39, 0.29) is 12.5 Å². The molecule has 0 bridgehead atoms. The van der Waals surface area contributed by atoms with E-state index in [9.17, 15) is 4.79 Å². The molecule has 0 saturated carbocycles. The van der Waals surface area contributed by atoms with Gasteiger partial charge in [0.15, 0.2) is 0 Å². The summed E-state index contributed by atoms with van der Waals surface area (Å²) in [5.41, 5.74) is 0. The van der Waals surface area contributed by atoms with Gasteiger partial charge in [0.05, 0.1) is 13.2 Å². The molecule has 0 rings (SSSR count). The second-order valence-electron chi connectivity index (χ2n) is 3.67. The Morgan fingerprint density at radius 3 is 2.47 bits per heavy atom. The molecule has 1 amide bonds. The fraction of sp³-hybridized carbons (Fsp3) is 0.909. The highest BCUT2D eigenvalue weighted by atomic mass is 127. The fourth-order valence-corrected chi connectivity index (χ4v) is 2.00. The van der Waals surface area contributed by atoms with E-state index >= 15 is 0 Å². The highest BCUT2D eigenvalue weighted by molar-refractivity contribution is 14.1. The molecule has 0 aromatic rings. The van der Waals surface area contributed by atoms with Gasteiger partial charge in [-0.2, -0.15) is 0 Å². The molecule has 0 atom stereocenters. The van der Waals surface area contributed by atoms with Crippen LogP contribution < -0.4 is 5.32 Å². The van der Waals surface area contributed by atoms with Crippen molar-refractivity contribution < 1.29 is 12.6 Å². The summed E-state index contributed by atoms with van der Waals surface area (Å²) in [7, 11) is 0. The van der Waals surface area contributed by atoms with Crippen LogP contribution in [0, 0.1) is 0 Å². The van der Waals surface area contributed by atoms with Crippen LogP contribution in [0.15, 0.2) is 0 Å². The largest absolute Gasteiger partial charge is 0.369 e. The Morgan fingerprint density at radius 2 is 1.76 bits per heavy atom. The van der Waals surface area contributed by atoms with Crippen LogP contribution in [0.5, 0.6) is 0 Å². The van der Waals surface area contributed by atoms with Crippen molar-refractivity contribution in [1.82, 2.24) is 5.32 Å². The molecule has 0 radical (unpaired) electrons. The van der Waals surface area contributed by atoms with Gasteiger partial charge < -0.3 is 13.1 Å². The molecule has 0 fully saturated rings. The number of alkyl halides is 1. The maximum absolute atomic E-state index is 11.3. The standard InChI is InChI=1S/C11H21I2NO3/c12-6-4-2-1-3-5-7-14-11(15)10-16-8-9-17-13/h1-10H2,(H,14,15). The lowest BCUT2D eigenvalue weighted by Gasteiger charge is -2.05. The minimum absolute atomic E-state index is 0.0364. The van der Waals surface area contributed by atoms with Gasteiger partial charge in [0.1, 0.15) is 29.6 Å². The molecule has 6 heteroatoms. The number of halogens is 2. The third-order valence-corrected chi connectivity index (χ3v) is 3.37. The predicted molar refractivity (Wildman–Crippen MR) is 85.8 cm³/mol. The first-order valence-electron chi connectivity index (χ1n) is 5.95. The van der Waals surface area contributed by atoms with E-state index in [1.54, 1.807) is 23.0 Å². The van der Waals surface area contributed by atoms with Crippen molar-refractivity contribution in [2.45, 2.75) is 32.1 Å². The Morgan fingerprint density at radius 1 is 1.06 bits per heavy atom. The van der Waals surface area contributed by atoms with Crippen molar-refractivity contribution in [3.63, 3.8) is 0 Å². The van der Waals surface area contributed by atoms with Gasteiger partial charge in [-0.3, -0.25) is 4.79 Å². The maximum atomic E-state index is 11.3. The van der Waals surface area contributed by atoms with Crippen LogP contribution in [0.25, 0.3) is 0 Å². The van der Waals surface area contributed by atoms with Gasteiger partial charge in [0.2, 0.25) is 5.91 Å². The van der Waals surface area contributed by atoms with Crippen LogP contribution in [0.2, 0.25) is 0 Å². The number of amides is 1. The van der Waals surface area contributed by atoms with Crippen LogP contribution in [0.1, 0.15) is 32.1 Å². The van der Waals surface area contributed by atoms with E-state index < -0.39 is 0 Å². The lowest BCUT2D eigenvalue weighted by Crippen LogP contribution is -2.28. The van der Waals surface area contributed by atoms with Crippen LogP contribution in [0.3, 0.4) is 0 Å². The molecule has 0 aromatic carbocycles. The minimum atomic E-state index is -0.0364. The summed E-state index contributed by atoms with van der Waals surface area (Å²) in [4.78, 5) is 11.3. The first kappa shape index (κ1) is 17.8. The molecule has 4 nitrogen and oxygen atoms in total. The molecule has 0 aromatic heterocycles. The monoisotopic (exact) mass is 469 g/mol. The molecular formula is C11H21I2NO3. The lowest BCUT2D eigenvalue weighted by molar-refractivity contribution is -0.125. The zero-order valence-corrected chi connectivity index (χ0v) is 14.4. The number of rotatable bonds is 12. The smallest absolute Gasteiger partial charge is 0.245 e. The molecular weight excluding hydrogens is 448 g/mol. The summed E-state index contributed by atoms with van der Waals surface area (Å²) < 4.78 is 11.1. The molecule has 0 spiro atoms. The molecule has 17 heavy (non-hydrogen) atoms. The van der Waals surface area contributed by atoms with Gasteiger partial charge in [0, 0.05) is 6.54 Å². The second-order valence-corrected chi connectivity index (χ2v) is 5.37. The number of hydrogen-bond donors (Lipinski definition) is 1. The Labute approximate surface area is 131 Å². The quantitative estimate of drug-likeness (QED) is 0.272. The Balaban J connectivity index is 3.11. The minimum Gasteiger partial charge on any atom is -0.369 e. The summed E-state index contributed by atoms with van der Waals surface area (Å²) in [6.07, 6.45) is 6.13. The van der Waals surface area contributed by atoms with E-state index in [4.69, 9.17) is 7.80 Å². The van der Waals surface area contributed by atoms with Gasteiger partial charge in [-0.25, -0.2) is 0 Å². The molecule has 0 aliphatic carbocycles. The van der Waals surface area contributed by atoms with E-state index in [1.807, 2.05) is 0 Å². The highest BCUT2D eigenvalue weighted by Gasteiger charge is 1.99. The Hall–Kier alpha value is 0.850. The van der Waals surface area contributed by atoms with E-state index in [2.05, 4.69) is 27.9 Å². The van der Waals surface area contributed by atoms with Crippen LogP contribution >= 0.6 is 45.6 Å².